The van der Waals surface area contributed by atoms with Crippen molar-refractivity contribution in [3.05, 3.63) is 60.2 Å². The highest BCUT2D eigenvalue weighted by atomic mass is 127. The third-order valence-corrected chi connectivity index (χ3v) is 4.35. The number of ether oxygens (including phenoxy) is 2. The number of halogens is 2. The number of nitrogens with zero attached hydrogens (tertiary/aromatic N) is 2. The van der Waals surface area contributed by atoms with Crippen molar-refractivity contribution >= 4 is 35.6 Å². The third kappa shape index (κ3) is 7.11. The monoisotopic (exact) mass is 554 g/mol. The average Bonchev–Trinajstić information content (AvgIpc) is 3.24. The number of aromatic nitrogens is 1. The SMILES string of the molecule is CCNC(=NCCc1coc(-c2ccc(F)cc2)n1)Nc1ccc(OCC)c(OC)c1.I. The molecule has 2 N–H and O–H groups in total. The molecule has 3 aromatic rings. The van der Waals surface area contributed by atoms with E-state index >= 15 is 0 Å². The van der Waals surface area contributed by atoms with Gasteiger partial charge in [0.25, 0.3) is 0 Å². The summed E-state index contributed by atoms with van der Waals surface area (Å²) in [6, 6.07) is 11.7. The van der Waals surface area contributed by atoms with Crippen molar-refractivity contribution in [2.45, 2.75) is 20.3 Å². The van der Waals surface area contributed by atoms with Gasteiger partial charge in [0, 0.05) is 36.8 Å². The lowest BCUT2D eigenvalue weighted by atomic mass is 10.2. The van der Waals surface area contributed by atoms with E-state index in [1.807, 2.05) is 32.0 Å². The zero-order valence-corrected chi connectivity index (χ0v) is 20.7. The first-order valence-corrected chi connectivity index (χ1v) is 10.2. The molecule has 32 heavy (non-hydrogen) atoms. The van der Waals surface area contributed by atoms with Gasteiger partial charge in [0.05, 0.1) is 19.4 Å². The first-order valence-electron chi connectivity index (χ1n) is 10.2. The van der Waals surface area contributed by atoms with Crippen LogP contribution in [-0.4, -0.2) is 37.7 Å². The van der Waals surface area contributed by atoms with Crippen LogP contribution in [0, 0.1) is 5.82 Å². The van der Waals surface area contributed by atoms with Gasteiger partial charge < -0.3 is 24.5 Å². The van der Waals surface area contributed by atoms with Crippen LogP contribution in [0.15, 0.2) is 58.1 Å². The number of anilines is 1. The number of guanidine groups is 1. The van der Waals surface area contributed by atoms with Crippen LogP contribution in [-0.2, 0) is 6.42 Å². The van der Waals surface area contributed by atoms with E-state index in [1.165, 1.54) is 12.1 Å². The molecular formula is C23H28FIN4O3. The summed E-state index contributed by atoms with van der Waals surface area (Å²) in [5.41, 5.74) is 2.34. The van der Waals surface area contributed by atoms with Crippen molar-refractivity contribution in [2.75, 3.05) is 32.1 Å². The Hall–Kier alpha value is -2.82. The van der Waals surface area contributed by atoms with Gasteiger partial charge in [-0.1, -0.05) is 0 Å². The van der Waals surface area contributed by atoms with Gasteiger partial charge in [-0.2, -0.15) is 0 Å². The van der Waals surface area contributed by atoms with Crippen molar-refractivity contribution in [1.82, 2.24) is 10.3 Å². The quantitative estimate of drug-likeness (QED) is 0.217. The van der Waals surface area contributed by atoms with Gasteiger partial charge in [-0.25, -0.2) is 9.37 Å². The first-order chi connectivity index (χ1) is 15.1. The molecule has 1 aromatic heterocycles. The molecule has 0 aliphatic heterocycles. The number of nitrogens with one attached hydrogen (secondary N) is 2. The Morgan fingerprint density at radius 3 is 2.59 bits per heavy atom. The second-order valence-corrected chi connectivity index (χ2v) is 6.59. The number of rotatable bonds is 9. The maximum atomic E-state index is 13.1. The molecule has 2 aromatic carbocycles. The normalized spacial score (nSPS) is 10.9. The van der Waals surface area contributed by atoms with Crippen molar-refractivity contribution in [2.24, 2.45) is 4.99 Å². The fraction of sp³-hybridized carbons (Fsp3) is 0.304. The van der Waals surface area contributed by atoms with Gasteiger partial charge in [-0.3, -0.25) is 4.99 Å². The standard InChI is InChI=1S/C23H27FN4O3.HI/c1-4-25-23(28-18-10-11-20(30-5-2)21(14-18)29-3)26-13-12-19-15-31-22(27-19)16-6-8-17(24)9-7-16;/h6-11,14-15H,4-5,12-13H2,1-3H3,(H2,25,26,28);1H. The summed E-state index contributed by atoms with van der Waals surface area (Å²) < 4.78 is 29.5. The Morgan fingerprint density at radius 1 is 1.12 bits per heavy atom. The molecule has 9 heteroatoms. The molecule has 0 aliphatic carbocycles. The van der Waals surface area contributed by atoms with Gasteiger partial charge in [-0.05, 0) is 50.2 Å². The van der Waals surface area contributed by atoms with Gasteiger partial charge >= 0.3 is 0 Å². The lowest BCUT2D eigenvalue weighted by molar-refractivity contribution is 0.311. The topological polar surface area (TPSA) is 80.9 Å². The molecule has 0 saturated heterocycles. The molecule has 172 valence electrons. The summed E-state index contributed by atoms with van der Waals surface area (Å²) in [6.45, 7) is 5.73. The van der Waals surface area contributed by atoms with Crippen LogP contribution in [0.2, 0.25) is 0 Å². The van der Waals surface area contributed by atoms with E-state index in [4.69, 9.17) is 13.9 Å². The Labute approximate surface area is 204 Å². The molecular weight excluding hydrogens is 526 g/mol. The zero-order valence-electron chi connectivity index (χ0n) is 18.4. The van der Waals surface area contributed by atoms with Crippen LogP contribution in [0.4, 0.5) is 10.1 Å². The number of oxazole rings is 1. The highest BCUT2D eigenvalue weighted by Gasteiger charge is 2.09. The van der Waals surface area contributed by atoms with Crippen molar-refractivity contribution in [3.63, 3.8) is 0 Å². The predicted octanol–water partition coefficient (Wildman–Crippen LogP) is 5.13. The molecule has 0 atom stereocenters. The number of hydrogen-bond acceptors (Lipinski definition) is 5. The minimum atomic E-state index is -0.293. The Bertz CT molecular complexity index is 1010. The summed E-state index contributed by atoms with van der Waals surface area (Å²) >= 11 is 0. The molecule has 0 bridgehead atoms. The van der Waals surface area contributed by atoms with E-state index in [0.717, 1.165) is 23.5 Å². The van der Waals surface area contributed by atoms with Gasteiger partial charge in [0.15, 0.2) is 17.5 Å². The van der Waals surface area contributed by atoms with Crippen LogP contribution in [0.5, 0.6) is 11.5 Å². The molecule has 0 spiro atoms. The molecule has 0 amide bonds. The highest BCUT2D eigenvalue weighted by Crippen LogP contribution is 2.30. The molecule has 7 nitrogen and oxygen atoms in total. The highest BCUT2D eigenvalue weighted by molar-refractivity contribution is 14.0. The predicted molar refractivity (Wildman–Crippen MR) is 135 cm³/mol. The Kier molecular flexibility index (Phi) is 10.3. The van der Waals surface area contributed by atoms with E-state index in [2.05, 4.69) is 20.6 Å². The first kappa shape index (κ1) is 25.4. The van der Waals surface area contributed by atoms with Crippen LogP contribution < -0.4 is 20.1 Å². The van der Waals surface area contributed by atoms with E-state index < -0.39 is 0 Å². The number of aliphatic imine (C=N–C) groups is 1. The fourth-order valence-electron chi connectivity index (χ4n) is 2.89. The summed E-state index contributed by atoms with van der Waals surface area (Å²) in [4.78, 5) is 9.06. The number of methoxy groups -OCH3 is 1. The van der Waals surface area contributed by atoms with Crippen LogP contribution in [0.3, 0.4) is 0 Å². The maximum absolute atomic E-state index is 13.1. The Morgan fingerprint density at radius 2 is 1.91 bits per heavy atom. The lowest BCUT2D eigenvalue weighted by Gasteiger charge is -2.14. The van der Waals surface area contributed by atoms with Gasteiger partial charge in [0.1, 0.15) is 12.1 Å². The molecule has 0 aliphatic rings. The minimum Gasteiger partial charge on any atom is -0.493 e. The summed E-state index contributed by atoms with van der Waals surface area (Å²) in [5, 5.41) is 6.49. The fourth-order valence-corrected chi connectivity index (χ4v) is 2.89. The Balaban J connectivity index is 0.00000363. The number of hydrogen-bond donors (Lipinski definition) is 2. The van der Waals surface area contributed by atoms with Crippen molar-refractivity contribution < 1.29 is 18.3 Å². The summed E-state index contributed by atoms with van der Waals surface area (Å²) in [5.74, 6) is 2.17. The zero-order chi connectivity index (χ0) is 22.1. The smallest absolute Gasteiger partial charge is 0.226 e. The van der Waals surface area contributed by atoms with E-state index in [9.17, 15) is 4.39 Å². The van der Waals surface area contributed by atoms with Gasteiger partial charge in [0.2, 0.25) is 5.89 Å². The van der Waals surface area contributed by atoms with E-state index in [-0.39, 0.29) is 29.8 Å². The molecule has 3 rings (SSSR count). The molecule has 0 radical (unpaired) electrons. The van der Waals surface area contributed by atoms with Crippen LogP contribution >= 0.6 is 24.0 Å². The third-order valence-electron chi connectivity index (χ3n) is 4.35. The second-order valence-electron chi connectivity index (χ2n) is 6.59. The lowest BCUT2D eigenvalue weighted by Crippen LogP contribution is -2.30. The van der Waals surface area contributed by atoms with Crippen molar-refractivity contribution in [1.29, 1.82) is 0 Å². The van der Waals surface area contributed by atoms with E-state index in [1.54, 1.807) is 25.5 Å². The molecule has 0 unspecified atom stereocenters. The molecule has 0 saturated carbocycles. The van der Waals surface area contributed by atoms with Gasteiger partial charge in [-0.15, -0.1) is 24.0 Å². The summed E-state index contributed by atoms with van der Waals surface area (Å²) in [6.07, 6.45) is 2.21. The molecule has 1 heterocycles. The maximum Gasteiger partial charge on any atom is 0.226 e. The van der Waals surface area contributed by atoms with E-state index in [0.29, 0.717) is 42.9 Å². The van der Waals surface area contributed by atoms with Crippen LogP contribution in [0.25, 0.3) is 11.5 Å². The second kappa shape index (κ2) is 12.9. The average molecular weight is 554 g/mol. The summed E-state index contributed by atoms with van der Waals surface area (Å²) in [7, 11) is 1.61. The van der Waals surface area contributed by atoms with Crippen molar-refractivity contribution in [3.8, 4) is 23.0 Å². The van der Waals surface area contributed by atoms with Crippen LogP contribution in [0.1, 0.15) is 19.5 Å². The minimum absolute atomic E-state index is 0. The number of benzene rings is 2. The largest absolute Gasteiger partial charge is 0.493 e. The molecule has 0 fully saturated rings.